The van der Waals surface area contributed by atoms with E-state index in [0.29, 0.717) is 64.5 Å². The lowest BCUT2D eigenvalue weighted by atomic mass is 10.1. The number of hydrogen-bond acceptors (Lipinski definition) is 10. The minimum Gasteiger partial charge on any atom is -0.393 e. The second-order valence-electron chi connectivity index (χ2n) is 9.62. The zero-order chi connectivity index (χ0) is 27.1. The molecular weight excluding hydrogens is 532 g/mol. The van der Waals surface area contributed by atoms with Crippen LogP contribution in [0, 0.1) is 0 Å². The molecule has 4 aromatic heterocycles. The molecule has 4 aromatic rings. The van der Waals surface area contributed by atoms with Crippen molar-refractivity contribution in [2.75, 3.05) is 10.6 Å². The first-order chi connectivity index (χ1) is 18.8. The van der Waals surface area contributed by atoms with Gasteiger partial charge in [-0.05, 0) is 44.2 Å². The quantitative estimate of drug-likeness (QED) is 0.279. The lowest BCUT2D eigenvalue weighted by Gasteiger charge is -2.18. The van der Waals surface area contributed by atoms with E-state index in [2.05, 4.69) is 35.8 Å². The Morgan fingerprint density at radius 2 is 1.92 bits per heavy atom. The maximum atomic E-state index is 13.1. The molecule has 0 amide bonds. The molecule has 0 aromatic carbocycles. The minimum absolute atomic E-state index is 0.000270. The van der Waals surface area contributed by atoms with Crippen molar-refractivity contribution < 1.29 is 22.3 Å². The largest absolute Gasteiger partial charge is 0.393 e. The highest BCUT2D eigenvalue weighted by molar-refractivity contribution is 7.90. The SMILES string of the molecule is O=S(=O)(C1CC1)n1cc(-c2nccc(Nc3cc(N[C@@H]4CC[C@H](O)C4)c(-c4ccn(C(F)F)n4)cn3)n2)cn1. The summed E-state index contributed by atoms with van der Waals surface area (Å²) in [6.07, 6.45) is 9.93. The van der Waals surface area contributed by atoms with Gasteiger partial charge in [-0.3, -0.25) is 0 Å². The van der Waals surface area contributed by atoms with Crippen LogP contribution in [-0.4, -0.2) is 64.8 Å². The van der Waals surface area contributed by atoms with Crippen LogP contribution in [0.2, 0.25) is 0 Å². The summed E-state index contributed by atoms with van der Waals surface area (Å²) in [5.74, 6) is 1.11. The summed E-state index contributed by atoms with van der Waals surface area (Å²) in [6.45, 7) is -2.76. The molecule has 15 heteroatoms. The lowest BCUT2D eigenvalue weighted by molar-refractivity contribution is 0.0568. The fourth-order valence-corrected chi connectivity index (χ4v) is 6.00. The lowest BCUT2D eigenvalue weighted by Crippen LogP contribution is -2.17. The Balaban J connectivity index is 1.27. The number of aliphatic hydroxyl groups excluding tert-OH is 1. The Kier molecular flexibility index (Phi) is 6.46. The molecule has 2 atom stereocenters. The van der Waals surface area contributed by atoms with Crippen molar-refractivity contribution in [1.29, 1.82) is 0 Å². The molecular formula is C24H25F2N9O3S. The first-order valence-electron chi connectivity index (χ1n) is 12.4. The number of alkyl halides is 2. The van der Waals surface area contributed by atoms with E-state index in [1.54, 1.807) is 12.1 Å². The smallest absolute Gasteiger partial charge is 0.333 e. The maximum absolute atomic E-state index is 13.1. The molecule has 204 valence electrons. The molecule has 0 radical (unpaired) electrons. The van der Waals surface area contributed by atoms with Crippen LogP contribution < -0.4 is 10.6 Å². The Labute approximate surface area is 222 Å². The van der Waals surface area contributed by atoms with Gasteiger partial charge in [-0.1, -0.05) is 0 Å². The van der Waals surface area contributed by atoms with Gasteiger partial charge in [0.05, 0.1) is 35.0 Å². The van der Waals surface area contributed by atoms with E-state index in [1.807, 2.05) is 0 Å². The normalized spacial score (nSPS) is 19.5. The number of halogens is 2. The van der Waals surface area contributed by atoms with E-state index in [4.69, 9.17) is 0 Å². The minimum atomic E-state index is -3.51. The molecule has 4 heterocycles. The monoisotopic (exact) mass is 557 g/mol. The second kappa shape index (κ2) is 9.96. The first-order valence-corrected chi connectivity index (χ1v) is 13.9. The van der Waals surface area contributed by atoms with E-state index in [1.165, 1.54) is 37.1 Å². The Bertz CT molecular complexity index is 1600. The summed E-state index contributed by atoms with van der Waals surface area (Å²) in [4.78, 5) is 13.1. The predicted octanol–water partition coefficient (Wildman–Crippen LogP) is 3.40. The van der Waals surface area contributed by atoms with Crippen LogP contribution in [0.1, 0.15) is 38.7 Å². The van der Waals surface area contributed by atoms with E-state index >= 15 is 0 Å². The number of anilines is 3. The van der Waals surface area contributed by atoms with Gasteiger partial charge in [-0.15, -0.1) is 0 Å². The first kappa shape index (κ1) is 25.3. The highest BCUT2D eigenvalue weighted by Crippen LogP contribution is 2.33. The molecule has 0 aliphatic heterocycles. The standard InChI is InChI=1S/C24H25F2N9O3S/c25-24(26)34-8-6-19(33-34)18-12-28-22(10-20(18)30-15-1-2-16(36)9-15)31-21-5-7-27-23(32-21)14-11-29-35(13-14)39(37,38)17-3-4-17/h5-8,10-13,15-17,24,36H,1-4,9H2,(H2,27,28,30,31,32)/t15-,16+/m1/s1. The summed E-state index contributed by atoms with van der Waals surface area (Å²) < 4.78 is 52.7. The number of pyridine rings is 1. The van der Waals surface area contributed by atoms with Crippen LogP contribution in [0.4, 0.5) is 26.1 Å². The number of nitrogens with zero attached hydrogens (tertiary/aromatic N) is 7. The summed E-state index contributed by atoms with van der Waals surface area (Å²) in [7, 11) is -3.51. The Hall–Kier alpha value is -3.98. The van der Waals surface area contributed by atoms with Crippen LogP contribution >= 0.6 is 0 Å². The van der Waals surface area contributed by atoms with Gasteiger partial charge >= 0.3 is 6.55 Å². The van der Waals surface area contributed by atoms with Crippen LogP contribution in [0.5, 0.6) is 0 Å². The molecule has 0 spiro atoms. The van der Waals surface area contributed by atoms with Gasteiger partial charge in [0.1, 0.15) is 11.6 Å². The second-order valence-corrected chi connectivity index (χ2v) is 11.7. The van der Waals surface area contributed by atoms with Crippen LogP contribution in [0.25, 0.3) is 22.6 Å². The average molecular weight is 558 g/mol. The van der Waals surface area contributed by atoms with Crippen LogP contribution in [0.3, 0.4) is 0 Å². The average Bonchev–Trinajstić information content (AvgIpc) is 3.27. The molecule has 39 heavy (non-hydrogen) atoms. The van der Waals surface area contributed by atoms with Crippen molar-refractivity contribution in [3.05, 3.63) is 49.2 Å². The number of rotatable bonds is 9. The molecule has 12 nitrogen and oxygen atoms in total. The van der Waals surface area contributed by atoms with Gasteiger partial charge < -0.3 is 15.7 Å². The molecule has 2 fully saturated rings. The van der Waals surface area contributed by atoms with Crippen molar-refractivity contribution in [2.24, 2.45) is 0 Å². The van der Waals surface area contributed by atoms with E-state index in [-0.39, 0.29) is 11.9 Å². The zero-order valence-corrected chi connectivity index (χ0v) is 21.3. The van der Waals surface area contributed by atoms with Crippen molar-refractivity contribution in [2.45, 2.75) is 56.0 Å². The summed E-state index contributed by atoms with van der Waals surface area (Å²) in [5.41, 5.74) is 1.93. The van der Waals surface area contributed by atoms with Gasteiger partial charge in [0, 0.05) is 41.9 Å². The topological polar surface area (TPSA) is 153 Å². The third kappa shape index (κ3) is 5.31. The van der Waals surface area contributed by atoms with Crippen molar-refractivity contribution in [3.63, 3.8) is 0 Å². The Morgan fingerprint density at radius 1 is 1.08 bits per heavy atom. The Morgan fingerprint density at radius 3 is 2.64 bits per heavy atom. The van der Waals surface area contributed by atoms with Crippen LogP contribution in [0.15, 0.2) is 49.2 Å². The summed E-state index contributed by atoms with van der Waals surface area (Å²) in [5, 5.41) is 24.0. The highest BCUT2D eigenvalue weighted by atomic mass is 32.2. The third-order valence-electron chi connectivity index (χ3n) is 6.69. The third-order valence-corrected chi connectivity index (χ3v) is 8.72. The number of nitrogens with one attached hydrogen (secondary N) is 2. The van der Waals surface area contributed by atoms with E-state index < -0.39 is 27.9 Å². The molecule has 0 saturated heterocycles. The van der Waals surface area contributed by atoms with E-state index in [0.717, 1.165) is 10.5 Å². The highest BCUT2D eigenvalue weighted by Gasteiger charge is 2.37. The molecule has 0 unspecified atom stereocenters. The van der Waals surface area contributed by atoms with Crippen LogP contribution in [-0.2, 0) is 10.0 Å². The molecule has 2 aliphatic carbocycles. The fourth-order valence-electron chi connectivity index (χ4n) is 4.52. The molecule has 2 saturated carbocycles. The van der Waals surface area contributed by atoms with Crippen molar-refractivity contribution >= 4 is 27.3 Å². The fraction of sp³-hybridized carbons (Fsp3) is 0.375. The van der Waals surface area contributed by atoms with Gasteiger partial charge in [-0.25, -0.2) is 28.1 Å². The number of aliphatic hydroxyl groups is 1. The number of hydrogen-bond donors (Lipinski definition) is 3. The van der Waals surface area contributed by atoms with Gasteiger partial charge in [0.25, 0.3) is 10.0 Å². The van der Waals surface area contributed by atoms with E-state index in [9.17, 15) is 22.3 Å². The molecule has 3 N–H and O–H groups in total. The maximum Gasteiger partial charge on any atom is 0.333 e. The summed E-state index contributed by atoms with van der Waals surface area (Å²) >= 11 is 0. The molecule has 2 aliphatic rings. The van der Waals surface area contributed by atoms with Gasteiger partial charge in [-0.2, -0.15) is 23.1 Å². The van der Waals surface area contributed by atoms with Gasteiger partial charge in [0.15, 0.2) is 5.82 Å². The predicted molar refractivity (Wildman–Crippen MR) is 138 cm³/mol. The van der Waals surface area contributed by atoms with Crippen molar-refractivity contribution in [1.82, 2.24) is 33.9 Å². The summed E-state index contributed by atoms with van der Waals surface area (Å²) in [6, 6.07) is 4.85. The number of aromatic nitrogens is 7. The van der Waals surface area contributed by atoms with Crippen molar-refractivity contribution in [3.8, 4) is 22.6 Å². The molecule has 0 bridgehead atoms. The molecule has 6 rings (SSSR count). The zero-order valence-electron chi connectivity index (χ0n) is 20.5. The van der Waals surface area contributed by atoms with Gasteiger partial charge in [0.2, 0.25) is 0 Å².